The summed E-state index contributed by atoms with van der Waals surface area (Å²) >= 11 is 1.22. The van der Waals surface area contributed by atoms with Crippen LogP contribution in [0.1, 0.15) is 27.6 Å². The number of carbonyl (C=O) groups excluding carboxylic acids is 3. The van der Waals surface area contributed by atoms with E-state index in [0.717, 1.165) is 4.90 Å². The van der Waals surface area contributed by atoms with E-state index in [4.69, 9.17) is 4.74 Å². The van der Waals surface area contributed by atoms with Gasteiger partial charge in [0.1, 0.15) is 5.60 Å². The van der Waals surface area contributed by atoms with Gasteiger partial charge in [0.25, 0.3) is 0 Å². The average Bonchev–Trinajstić information content (AvgIpc) is 2.68. The maximum Gasteiger partial charge on any atom is 0.345 e. The average molecular weight is 392 g/mol. The van der Waals surface area contributed by atoms with E-state index in [-0.39, 0.29) is 11.3 Å². The van der Waals surface area contributed by atoms with Crippen LogP contribution in [-0.4, -0.2) is 33.8 Å². The molecular weight excluding hydrogens is 376 g/mol. The molecule has 1 saturated heterocycles. The first-order chi connectivity index (χ1) is 13.4. The molecule has 2 aliphatic heterocycles. The summed E-state index contributed by atoms with van der Waals surface area (Å²) in [6.45, 7) is 1.63. The predicted octanol–water partition coefficient (Wildman–Crippen LogP) is 3.03. The molecule has 5 nitrogen and oxygen atoms in total. The number of ketones is 2. The topological polar surface area (TPSA) is 80.7 Å². The number of fused-ring (bicyclic) bond motifs is 2. The zero-order valence-electron chi connectivity index (χ0n) is 14.9. The van der Waals surface area contributed by atoms with Crippen molar-refractivity contribution >= 4 is 29.3 Å². The van der Waals surface area contributed by atoms with E-state index in [1.807, 2.05) is 30.3 Å². The van der Waals surface area contributed by atoms with Crippen LogP contribution in [0.3, 0.4) is 0 Å². The van der Waals surface area contributed by atoms with Gasteiger partial charge >= 0.3 is 5.97 Å². The lowest BCUT2D eigenvalue weighted by Gasteiger charge is -2.55. The minimum Gasteiger partial charge on any atom is -0.452 e. The van der Waals surface area contributed by atoms with Gasteiger partial charge in [-0.1, -0.05) is 54.2 Å². The summed E-state index contributed by atoms with van der Waals surface area (Å²) in [4.78, 5) is 40.5. The zero-order chi connectivity index (χ0) is 19.7. The van der Waals surface area contributed by atoms with E-state index in [1.54, 1.807) is 37.3 Å². The second-order valence-electron chi connectivity index (χ2n) is 7.49. The maximum atomic E-state index is 13.3. The van der Waals surface area contributed by atoms with Gasteiger partial charge in [-0.25, -0.2) is 4.79 Å². The molecule has 1 N–H and O–H groups in total. The van der Waals surface area contributed by atoms with E-state index < -0.39 is 34.8 Å². The minimum atomic E-state index is -2.18. The van der Waals surface area contributed by atoms with Crippen LogP contribution >= 0.6 is 11.8 Å². The molecular formula is C22H16O5S. The van der Waals surface area contributed by atoms with Crippen molar-refractivity contribution in [2.75, 3.05) is 0 Å². The normalized spacial score (nSPS) is 33.1. The van der Waals surface area contributed by atoms with Crippen LogP contribution in [0.25, 0.3) is 0 Å². The van der Waals surface area contributed by atoms with Crippen LogP contribution in [0.15, 0.2) is 70.5 Å². The van der Waals surface area contributed by atoms with Crippen molar-refractivity contribution < 1.29 is 24.2 Å². The highest BCUT2D eigenvalue weighted by Gasteiger charge is 2.71. The molecule has 4 unspecified atom stereocenters. The Morgan fingerprint density at radius 3 is 2.11 bits per heavy atom. The Hall–Kier alpha value is -2.70. The summed E-state index contributed by atoms with van der Waals surface area (Å²) in [6.07, 6.45) is 1.63. The van der Waals surface area contributed by atoms with Crippen LogP contribution in [0.5, 0.6) is 0 Å². The Balaban J connectivity index is 1.70. The van der Waals surface area contributed by atoms with E-state index in [9.17, 15) is 19.5 Å². The predicted molar refractivity (Wildman–Crippen MR) is 102 cm³/mol. The fourth-order valence-corrected chi connectivity index (χ4v) is 5.71. The molecule has 0 radical (unpaired) electrons. The Kier molecular flexibility index (Phi) is 3.51. The number of hydrogen-bond acceptors (Lipinski definition) is 6. The van der Waals surface area contributed by atoms with Gasteiger partial charge in [0.2, 0.25) is 5.60 Å². The van der Waals surface area contributed by atoms with Gasteiger partial charge in [-0.2, -0.15) is 0 Å². The first-order valence-corrected chi connectivity index (χ1v) is 9.77. The number of hydrogen-bond donors (Lipinski definition) is 1. The summed E-state index contributed by atoms with van der Waals surface area (Å²) in [5.41, 5.74) is -2.91. The zero-order valence-corrected chi connectivity index (χ0v) is 15.7. The number of carbonyl (C=O) groups is 3. The van der Waals surface area contributed by atoms with Crippen molar-refractivity contribution in [1.29, 1.82) is 0 Å². The van der Waals surface area contributed by atoms with E-state index in [2.05, 4.69) is 0 Å². The van der Waals surface area contributed by atoms with E-state index >= 15 is 0 Å². The van der Waals surface area contributed by atoms with Gasteiger partial charge in [-0.3, -0.25) is 9.59 Å². The summed E-state index contributed by atoms with van der Waals surface area (Å²) in [5, 5.41) is 11.5. The number of thioether (sulfide) groups is 1. The van der Waals surface area contributed by atoms with Gasteiger partial charge in [0, 0.05) is 20.9 Å². The molecule has 0 saturated carbocycles. The summed E-state index contributed by atoms with van der Waals surface area (Å²) in [6, 6.07) is 15.8. The van der Waals surface area contributed by atoms with Gasteiger partial charge < -0.3 is 9.84 Å². The first kappa shape index (κ1) is 17.4. The Morgan fingerprint density at radius 2 is 1.46 bits per heavy atom. The summed E-state index contributed by atoms with van der Waals surface area (Å²) in [5.74, 6) is -3.70. The van der Waals surface area contributed by atoms with Crippen molar-refractivity contribution in [2.24, 2.45) is 11.8 Å². The van der Waals surface area contributed by atoms with E-state index in [0.29, 0.717) is 10.5 Å². The number of ether oxygens (including phenoxy) is 1. The number of rotatable bonds is 2. The van der Waals surface area contributed by atoms with Gasteiger partial charge in [-0.05, 0) is 25.1 Å². The van der Waals surface area contributed by atoms with Gasteiger partial charge in [0.05, 0.1) is 11.8 Å². The third-order valence-corrected chi connectivity index (χ3v) is 6.97. The SMILES string of the molecule is CC12C=C(Sc3ccccc3)C(O)(C(=O)O1)C1C(=O)c3ccccc3C(=O)C12. The second-order valence-corrected chi connectivity index (χ2v) is 8.61. The fourth-order valence-electron chi connectivity index (χ4n) is 4.51. The Labute approximate surface area is 165 Å². The molecule has 2 heterocycles. The van der Waals surface area contributed by atoms with Crippen molar-refractivity contribution in [3.05, 3.63) is 76.7 Å². The lowest BCUT2D eigenvalue weighted by molar-refractivity contribution is -0.202. The molecule has 2 aliphatic carbocycles. The largest absolute Gasteiger partial charge is 0.452 e. The van der Waals surface area contributed by atoms with Crippen molar-refractivity contribution in [3.8, 4) is 0 Å². The Morgan fingerprint density at radius 1 is 0.893 bits per heavy atom. The highest BCUT2D eigenvalue weighted by atomic mass is 32.2. The van der Waals surface area contributed by atoms with Crippen LogP contribution in [0.2, 0.25) is 0 Å². The summed E-state index contributed by atoms with van der Waals surface area (Å²) in [7, 11) is 0. The van der Waals surface area contributed by atoms with Crippen molar-refractivity contribution in [1.82, 2.24) is 0 Å². The minimum absolute atomic E-state index is 0.246. The highest BCUT2D eigenvalue weighted by molar-refractivity contribution is 8.03. The van der Waals surface area contributed by atoms with Crippen LogP contribution in [0.4, 0.5) is 0 Å². The maximum absolute atomic E-state index is 13.3. The molecule has 1 fully saturated rings. The molecule has 4 aliphatic rings. The molecule has 140 valence electrons. The number of esters is 1. The van der Waals surface area contributed by atoms with Crippen LogP contribution < -0.4 is 0 Å². The third-order valence-electron chi connectivity index (χ3n) is 5.81. The molecule has 2 aromatic rings. The molecule has 2 bridgehead atoms. The molecule has 28 heavy (non-hydrogen) atoms. The lowest BCUT2D eigenvalue weighted by Crippen LogP contribution is -2.70. The molecule has 0 aromatic heterocycles. The first-order valence-electron chi connectivity index (χ1n) is 8.96. The smallest absolute Gasteiger partial charge is 0.345 e. The Bertz CT molecular complexity index is 1080. The summed E-state index contributed by atoms with van der Waals surface area (Å²) < 4.78 is 5.50. The van der Waals surface area contributed by atoms with Crippen LogP contribution in [0, 0.1) is 11.8 Å². The van der Waals surface area contributed by atoms with Crippen molar-refractivity contribution in [2.45, 2.75) is 23.0 Å². The van der Waals surface area contributed by atoms with E-state index in [1.165, 1.54) is 11.8 Å². The third kappa shape index (κ3) is 2.10. The second kappa shape index (κ2) is 5.65. The fraction of sp³-hybridized carbons (Fsp3) is 0.227. The monoisotopic (exact) mass is 392 g/mol. The quantitative estimate of drug-likeness (QED) is 0.792. The molecule has 4 atom stereocenters. The number of aliphatic hydroxyl groups is 1. The van der Waals surface area contributed by atoms with Crippen molar-refractivity contribution in [3.63, 3.8) is 0 Å². The molecule has 6 rings (SSSR count). The lowest BCUT2D eigenvalue weighted by atomic mass is 9.56. The standard InChI is InChI=1S/C22H16O5S/c1-21-11-15(28-12-7-3-2-4-8-12)22(26,20(25)27-21)17-16(21)18(23)13-9-5-6-10-14(13)19(17)24/h2-11,16-17,26H,1H3. The van der Waals surface area contributed by atoms with Gasteiger partial charge in [-0.15, -0.1) is 0 Å². The number of Topliss-reactive ketones (excluding diaryl/α,β-unsaturated/α-hetero) is 2. The van der Waals surface area contributed by atoms with Gasteiger partial charge in [0.15, 0.2) is 11.6 Å². The molecule has 6 heteroatoms. The van der Waals surface area contributed by atoms with Crippen LogP contribution in [-0.2, 0) is 9.53 Å². The molecule has 2 aromatic carbocycles. The number of benzene rings is 2. The highest BCUT2D eigenvalue weighted by Crippen LogP contribution is 2.57. The molecule has 0 amide bonds. The molecule has 0 spiro atoms.